The average molecular weight is 398 g/mol. The van der Waals surface area contributed by atoms with E-state index in [1.54, 1.807) is 20.8 Å². The van der Waals surface area contributed by atoms with Gasteiger partial charge in [-0.2, -0.15) is 0 Å². The van der Waals surface area contributed by atoms with E-state index < -0.39 is 15.3 Å². The molecule has 0 bridgehead atoms. The fourth-order valence-electron chi connectivity index (χ4n) is 2.93. The van der Waals surface area contributed by atoms with Crippen LogP contribution >= 0.6 is 23.2 Å². The minimum absolute atomic E-state index is 0.173. The zero-order chi connectivity index (χ0) is 19.3. The lowest BCUT2D eigenvalue weighted by Gasteiger charge is -2.16. The summed E-state index contributed by atoms with van der Waals surface area (Å²) in [6, 6.07) is 6.98. The van der Waals surface area contributed by atoms with Crippen LogP contribution in [-0.4, -0.2) is 32.6 Å². The second-order valence-electron chi connectivity index (χ2n) is 7.66. The molecule has 6 nitrogen and oxygen atoms in total. The number of halogens is 2. The van der Waals surface area contributed by atoms with Crippen LogP contribution in [-0.2, 0) is 22.7 Å². The first-order chi connectivity index (χ1) is 12.0. The molecule has 140 valence electrons. The van der Waals surface area contributed by atoms with Crippen molar-refractivity contribution < 1.29 is 14.4 Å². The number of rotatable bonds is 5. The van der Waals surface area contributed by atoms with Gasteiger partial charge in [0.25, 0.3) is 5.91 Å². The third-order valence-electron chi connectivity index (χ3n) is 5.02. The summed E-state index contributed by atoms with van der Waals surface area (Å²) < 4.78 is -0.989. The minimum Gasteiger partial charge on any atom is -0.351 e. The van der Waals surface area contributed by atoms with Crippen LogP contribution in [0.5, 0.6) is 0 Å². The van der Waals surface area contributed by atoms with E-state index in [1.165, 1.54) is 4.90 Å². The molecule has 1 aromatic rings. The SMILES string of the molecule is CC1(C)NC(=O)N(Cc2ccc(CNC(=O)[C@@]3(C)CC3(Cl)Cl)cc2)C1=O. The largest absolute Gasteiger partial charge is 0.351 e. The Kier molecular flexibility index (Phi) is 4.48. The molecule has 8 heteroatoms. The van der Waals surface area contributed by atoms with E-state index in [1.807, 2.05) is 24.3 Å². The monoisotopic (exact) mass is 397 g/mol. The number of nitrogens with one attached hydrogen (secondary N) is 2. The molecule has 0 radical (unpaired) electrons. The molecule has 1 saturated carbocycles. The van der Waals surface area contributed by atoms with E-state index in [0.717, 1.165) is 11.1 Å². The number of amides is 4. The highest BCUT2D eigenvalue weighted by molar-refractivity contribution is 6.53. The molecule has 0 spiro atoms. The molecule has 2 aliphatic rings. The fraction of sp³-hybridized carbons (Fsp3) is 0.500. The van der Waals surface area contributed by atoms with Crippen LogP contribution in [0.2, 0.25) is 0 Å². The highest BCUT2D eigenvalue weighted by Crippen LogP contribution is 2.63. The molecule has 1 aliphatic heterocycles. The zero-order valence-electron chi connectivity index (χ0n) is 14.9. The van der Waals surface area contributed by atoms with E-state index in [9.17, 15) is 14.4 Å². The summed E-state index contributed by atoms with van der Waals surface area (Å²) in [5.74, 6) is -0.421. The molecule has 1 atom stereocenters. The van der Waals surface area contributed by atoms with E-state index in [4.69, 9.17) is 23.2 Å². The standard InChI is InChI=1S/C18H21Cl2N3O3/c1-16(2)14(25)23(15(26)22-16)9-12-6-4-11(5-7-12)8-21-13(24)17(3)10-18(17,19)20/h4-7H,8-10H2,1-3H3,(H,21,24)(H,22,26)/t17-/m1/s1. The average Bonchev–Trinajstić information content (AvgIpc) is 3.02. The molecule has 2 fully saturated rings. The minimum atomic E-state index is -0.989. The molecule has 1 aliphatic carbocycles. The van der Waals surface area contributed by atoms with Gasteiger partial charge in [0.2, 0.25) is 5.91 Å². The van der Waals surface area contributed by atoms with Gasteiger partial charge < -0.3 is 10.6 Å². The molecule has 1 saturated heterocycles. The van der Waals surface area contributed by atoms with Gasteiger partial charge >= 0.3 is 6.03 Å². The summed E-state index contributed by atoms with van der Waals surface area (Å²) in [4.78, 5) is 37.5. The number of carbonyl (C=O) groups is 3. The second kappa shape index (κ2) is 6.13. The van der Waals surface area contributed by atoms with Crippen LogP contribution in [0.3, 0.4) is 0 Å². The third kappa shape index (κ3) is 3.28. The third-order valence-corrected chi connectivity index (χ3v) is 6.12. The lowest BCUT2D eigenvalue weighted by molar-refractivity contribution is -0.130. The highest BCUT2D eigenvalue weighted by atomic mass is 35.5. The molecule has 0 unspecified atom stereocenters. The summed E-state index contributed by atoms with van der Waals surface area (Å²) in [6.45, 7) is 5.66. The molecule has 3 rings (SSSR count). The van der Waals surface area contributed by atoms with Gasteiger partial charge in [-0.05, 0) is 38.3 Å². The number of urea groups is 1. The summed E-state index contributed by atoms with van der Waals surface area (Å²) in [7, 11) is 0. The van der Waals surface area contributed by atoms with Crippen molar-refractivity contribution in [2.45, 2.75) is 50.2 Å². The Morgan fingerprint density at radius 2 is 1.69 bits per heavy atom. The van der Waals surface area contributed by atoms with Crippen molar-refractivity contribution in [1.82, 2.24) is 15.5 Å². The van der Waals surface area contributed by atoms with Crippen LogP contribution < -0.4 is 10.6 Å². The first kappa shape index (κ1) is 19.0. The summed E-state index contributed by atoms with van der Waals surface area (Å²) >= 11 is 12.0. The van der Waals surface area contributed by atoms with Crippen LogP contribution in [0.1, 0.15) is 38.3 Å². The normalized spacial score (nSPS) is 25.8. The quantitative estimate of drug-likeness (QED) is 0.592. The van der Waals surface area contributed by atoms with E-state index in [2.05, 4.69) is 10.6 Å². The Morgan fingerprint density at radius 1 is 1.15 bits per heavy atom. The Bertz CT molecular complexity index is 776. The number of hydrogen-bond donors (Lipinski definition) is 2. The first-order valence-corrected chi connectivity index (χ1v) is 9.10. The predicted octanol–water partition coefficient (Wildman–Crippen LogP) is 2.72. The summed E-state index contributed by atoms with van der Waals surface area (Å²) in [5, 5.41) is 5.49. The molecule has 0 aromatic heterocycles. The second-order valence-corrected chi connectivity index (χ2v) is 9.14. The molecule has 26 heavy (non-hydrogen) atoms. The maximum Gasteiger partial charge on any atom is 0.325 e. The summed E-state index contributed by atoms with van der Waals surface area (Å²) in [6.07, 6.45) is 0.441. The number of nitrogens with zero attached hydrogens (tertiary/aromatic N) is 1. The number of benzene rings is 1. The molecule has 1 heterocycles. The molecular weight excluding hydrogens is 377 g/mol. The lowest BCUT2D eigenvalue weighted by atomic mass is 10.1. The van der Waals surface area contributed by atoms with Crippen LogP contribution in [0.15, 0.2) is 24.3 Å². The molecular formula is C18H21Cl2N3O3. The van der Waals surface area contributed by atoms with Crippen molar-refractivity contribution in [3.63, 3.8) is 0 Å². The van der Waals surface area contributed by atoms with Gasteiger partial charge in [0.15, 0.2) is 0 Å². The zero-order valence-corrected chi connectivity index (χ0v) is 16.4. The lowest BCUT2D eigenvalue weighted by Crippen LogP contribution is -2.40. The Balaban J connectivity index is 1.57. The van der Waals surface area contributed by atoms with Gasteiger partial charge in [-0.1, -0.05) is 24.3 Å². The van der Waals surface area contributed by atoms with Crippen LogP contribution in [0.25, 0.3) is 0 Å². The van der Waals surface area contributed by atoms with Crippen molar-refractivity contribution in [3.05, 3.63) is 35.4 Å². The van der Waals surface area contributed by atoms with E-state index in [0.29, 0.717) is 13.0 Å². The fourth-order valence-corrected chi connectivity index (χ4v) is 3.64. The van der Waals surface area contributed by atoms with Crippen molar-refractivity contribution in [1.29, 1.82) is 0 Å². The number of alkyl halides is 2. The van der Waals surface area contributed by atoms with Crippen molar-refractivity contribution >= 4 is 41.0 Å². The van der Waals surface area contributed by atoms with Gasteiger partial charge in [0.05, 0.1) is 12.0 Å². The number of imide groups is 1. The topological polar surface area (TPSA) is 78.5 Å². The van der Waals surface area contributed by atoms with Gasteiger partial charge in [-0.3, -0.25) is 14.5 Å². The number of carbonyl (C=O) groups excluding carboxylic acids is 3. The van der Waals surface area contributed by atoms with Crippen molar-refractivity contribution in [3.8, 4) is 0 Å². The Morgan fingerprint density at radius 3 is 2.15 bits per heavy atom. The van der Waals surface area contributed by atoms with Crippen molar-refractivity contribution in [2.24, 2.45) is 5.41 Å². The van der Waals surface area contributed by atoms with Gasteiger partial charge in [-0.25, -0.2) is 4.79 Å². The van der Waals surface area contributed by atoms with Gasteiger partial charge in [-0.15, -0.1) is 23.2 Å². The maximum absolute atomic E-state index is 12.2. The first-order valence-electron chi connectivity index (χ1n) is 8.34. The molecule has 2 N–H and O–H groups in total. The smallest absolute Gasteiger partial charge is 0.325 e. The van der Waals surface area contributed by atoms with Gasteiger partial charge in [0, 0.05) is 6.54 Å². The molecule has 1 aromatic carbocycles. The van der Waals surface area contributed by atoms with Crippen LogP contribution in [0, 0.1) is 5.41 Å². The maximum atomic E-state index is 12.2. The van der Waals surface area contributed by atoms with E-state index >= 15 is 0 Å². The summed E-state index contributed by atoms with van der Waals surface area (Å²) in [5.41, 5.74) is 0.113. The molecule has 4 amide bonds. The van der Waals surface area contributed by atoms with Crippen LogP contribution in [0.4, 0.5) is 4.79 Å². The van der Waals surface area contributed by atoms with Crippen molar-refractivity contribution in [2.75, 3.05) is 0 Å². The Labute approximate surface area is 162 Å². The predicted molar refractivity (Wildman–Crippen MR) is 98.6 cm³/mol. The Hall–Kier alpha value is -1.79. The number of hydrogen-bond acceptors (Lipinski definition) is 3. The van der Waals surface area contributed by atoms with E-state index in [-0.39, 0.29) is 24.4 Å². The van der Waals surface area contributed by atoms with Gasteiger partial charge in [0.1, 0.15) is 9.87 Å². The highest BCUT2D eigenvalue weighted by Gasteiger charge is 2.67.